The van der Waals surface area contributed by atoms with Gasteiger partial charge in [0, 0.05) is 6.54 Å². The minimum atomic E-state index is -3.80. The summed E-state index contributed by atoms with van der Waals surface area (Å²) in [6.45, 7) is -3.18. The van der Waals surface area contributed by atoms with Gasteiger partial charge in [-0.2, -0.15) is 9.29 Å². The number of nitrogens with one attached hydrogen (secondary N) is 1. The van der Waals surface area contributed by atoms with Crippen LogP contribution < -0.4 is 10.1 Å². The number of methoxy groups -OCH3 is 1. The molecule has 11 nitrogen and oxygen atoms in total. The molecular weight excluding hydrogens is 551 g/mol. The Balaban J connectivity index is 1.53. The number of hydrogen-bond acceptors (Lipinski definition) is 8. The van der Waals surface area contributed by atoms with E-state index in [0.717, 1.165) is 21.6 Å². The highest BCUT2D eigenvalue weighted by molar-refractivity contribution is 7.88. The van der Waals surface area contributed by atoms with Crippen molar-refractivity contribution >= 4 is 32.5 Å². The molecule has 1 aliphatic rings. The third-order valence-corrected chi connectivity index (χ3v) is 7.79. The maximum atomic E-state index is 15.3. The second-order valence-corrected chi connectivity index (χ2v) is 11.1. The molecule has 1 N–H and O–H groups in total. The van der Waals surface area contributed by atoms with Gasteiger partial charge < -0.3 is 10.1 Å². The van der Waals surface area contributed by atoms with Crippen LogP contribution in [0.15, 0.2) is 24.4 Å². The molecule has 4 heterocycles. The number of alkyl halides is 4. The highest BCUT2D eigenvalue weighted by Gasteiger charge is 2.47. The van der Waals surface area contributed by atoms with Crippen molar-refractivity contribution in [1.82, 2.24) is 33.9 Å². The zero-order valence-corrected chi connectivity index (χ0v) is 21.5. The molecule has 39 heavy (non-hydrogen) atoms. The maximum absolute atomic E-state index is 15.3. The van der Waals surface area contributed by atoms with E-state index in [1.807, 2.05) is 0 Å². The van der Waals surface area contributed by atoms with Crippen molar-refractivity contribution in [3.8, 4) is 17.0 Å². The summed E-state index contributed by atoms with van der Waals surface area (Å²) in [5.74, 6) is -4.62. The molecule has 5 rings (SSSR count). The topological polar surface area (TPSA) is 120 Å². The fraction of sp³-hybridized carbons (Fsp3) is 0.455. The quantitative estimate of drug-likeness (QED) is 0.319. The van der Waals surface area contributed by atoms with Gasteiger partial charge in [-0.25, -0.2) is 39.6 Å². The minimum absolute atomic E-state index is 0.00288. The number of rotatable bonds is 8. The highest BCUT2D eigenvalue weighted by Crippen LogP contribution is 2.36. The van der Waals surface area contributed by atoms with E-state index >= 15 is 4.39 Å². The van der Waals surface area contributed by atoms with E-state index in [-0.39, 0.29) is 47.0 Å². The van der Waals surface area contributed by atoms with Gasteiger partial charge in [-0.1, -0.05) is 11.3 Å². The van der Waals surface area contributed by atoms with Gasteiger partial charge in [-0.05, 0) is 24.1 Å². The first-order valence-electron chi connectivity index (χ1n) is 11.7. The van der Waals surface area contributed by atoms with Gasteiger partial charge in [0.15, 0.2) is 5.82 Å². The molecule has 1 saturated heterocycles. The minimum Gasteiger partial charge on any atom is -0.479 e. The summed E-state index contributed by atoms with van der Waals surface area (Å²) in [5.41, 5.74) is 0.964. The molecule has 0 aliphatic carbocycles. The number of aromatic nitrogens is 6. The van der Waals surface area contributed by atoms with Gasteiger partial charge in [-0.3, -0.25) is 0 Å². The highest BCUT2D eigenvalue weighted by atomic mass is 32.2. The van der Waals surface area contributed by atoms with Crippen molar-refractivity contribution in [2.75, 3.05) is 45.1 Å². The molecule has 1 fully saturated rings. The first-order valence-corrected chi connectivity index (χ1v) is 13.5. The Kier molecular flexibility index (Phi) is 6.82. The van der Waals surface area contributed by atoms with Gasteiger partial charge in [0.25, 0.3) is 5.92 Å². The second-order valence-electron chi connectivity index (χ2n) is 9.13. The van der Waals surface area contributed by atoms with Crippen LogP contribution in [0.1, 0.15) is 12.5 Å². The predicted octanol–water partition coefficient (Wildman–Crippen LogP) is 2.85. The molecule has 1 atom stereocenters. The lowest BCUT2D eigenvalue weighted by atomic mass is 10.0. The molecule has 0 radical (unpaired) electrons. The number of halogens is 5. The zero-order chi connectivity index (χ0) is 28.1. The summed E-state index contributed by atoms with van der Waals surface area (Å²) in [5, 5.41) is 14.4. The summed E-state index contributed by atoms with van der Waals surface area (Å²) in [7, 11) is -2.54. The third-order valence-electron chi connectivity index (χ3n) is 6.54. The summed E-state index contributed by atoms with van der Waals surface area (Å²) in [6, 6.07) is 1.81. The lowest BCUT2D eigenvalue weighted by molar-refractivity contribution is -0.0541. The molecular formula is C22H23F5N8O3S. The SMILES string of the molecule is COc1nc(N[C@@H]2CCN(S(C)(=O)=O)CC2(F)F)nn2cc(F)c(-c3ccc4nnn(C(CF)CF)c4c3)c12. The number of nitrogens with zero attached hydrogens (tertiary/aromatic N) is 7. The van der Waals surface area contributed by atoms with Crippen molar-refractivity contribution < 1.29 is 35.1 Å². The van der Waals surface area contributed by atoms with Crippen LogP contribution in [0.5, 0.6) is 5.88 Å². The number of anilines is 1. The summed E-state index contributed by atoms with van der Waals surface area (Å²) < 4.78 is 103. The number of hydrogen-bond donors (Lipinski definition) is 1. The van der Waals surface area contributed by atoms with Crippen LogP contribution >= 0.6 is 0 Å². The van der Waals surface area contributed by atoms with Crippen LogP contribution in [0.3, 0.4) is 0 Å². The summed E-state index contributed by atoms with van der Waals surface area (Å²) in [6.07, 6.45) is 1.64. The molecule has 1 aliphatic heterocycles. The molecule has 0 bridgehead atoms. The summed E-state index contributed by atoms with van der Waals surface area (Å²) >= 11 is 0. The van der Waals surface area contributed by atoms with E-state index in [1.165, 1.54) is 25.3 Å². The molecule has 17 heteroatoms. The van der Waals surface area contributed by atoms with E-state index in [0.29, 0.717) is 9.82 Å². The summed E-state index contributed by atoms with van der Waals surface area (Å²) in [4.78, 5) is 4.14. The fourth-order valence-electron chi connectivity index (χ4n) is 4.56. The van der Waals surface area contributed by atoms with Gasteiger partial charge >= 0.3 is 0 Å². The Morgan fingerprint density at radius 3 is 2.64 bits per heavy atom. The Bertz CT molecular complexity index is 1640. The van der Waals surface area contributed by atoms with Gasteiger partial charge in [-0.15, -0.1) is 10.2 Å². The van der Waals surface area contributed by atoms with Crippen molar-refractivity contribution in [3.63, 3.8) is 0 Å². The van der Waals surface area contributed by atoms with E-state index in [1.54, 1.807) is 0 Å². The Morgan fingerprint density at radius 1 is 1.26 bits per heavy atom. The predicted molar refractivity (Wildman–Crippen MR) is 130 cm³/mol. The fourth-order valence-corrected chi connectivity index (χ4v) is 5.40. The van der Waals surface area contributed by atoms with E-state index in [4.69, 9.17) is 4.74 Å². The Morgan fingerprint density at radius 2 is 2.00 bits per heavy atom. The Hall–Kier alpha value is -3.60. The molecule has 210 valence electrons. The molecule has 0 unspecified atom stereocenters. The average Bonchev–Trinajstić information content (AvgIpc) is 3.44. The number of ether oxygens (including phenoxy) is 1. The van der Waals surface area contributed by atoms with E-state index in [9.17, 15) is 26.0 Å². The average molecular weight is 575 g/mol. The lowest BCUT2D eigenvalue weighted by Crippen LogP contribution is -2.55. The van der Waals surface area contributed by atoms with Crippen molar-refractivity contribution in [1.29, 1.82) is 0 Å². The van der Waals surface area contributed by atoms with Crippen LogP contribution in [0, 0.1) is 5.82 Å². The Labute approximate surface area is 218 Å². The van der Waals surface area contributed by atoms with Crippen molar-refractivity contribution in [2.45, 2.75) is 24.4 Å². The largest absolute Gasteiger partial charge is 0.479 e. The van der Waals surface area contributed by atoms with Crippen molar-refractivity contribution in [2.24, 2.45) is 0 Å². The van der Waals surface area contributed by atoms with Crippen LogP contribution in [-0.2, 0) is 10.0 Å². The van der Waals surface area contributed by atoms with Crippen molar-refractivity contribution in [3.05, 3.63) is 30.2 Å². The standard InChI is InChI=1S/C22H23F5N8O3S/c1-38-20-19-18(12-3-4-15-16(7-12)35(32-30-15)13(8-23)9-24)14(25)10-34(19)31-21(29-20)28-17-5-6-33(39(2,36)37)11-22(17,26)27/h3-4,7,10,13,17H,5-6,8-9,11H2,1-2H3,(H,28,31)/t17-/m1/s1. The van der Waals surface area contributed by atoms with Gasteiger partial charge in [0.1, 0.15) is 30.4 Å². The normalized spacial score (nSPS) is 18.3. The zero-order valence-electron chi connectivity index (χ0n) is 20.7. The molecule has 4 aromatic rings. The van der Waals surface area contributed by atoms with E-state index < -0.39 is 53.7 Å². The lowest BCUT2D eigenvalue weighted by Gasteiger charge is -2.37. The maximum Gasteiger partial charge on any atom is 0.281 e. The molecule has 1 aromatic carbocycles. The van der Waals surface area contributed by atoms with Gasteiger partial charge in [0.05, 0.1) is 43.2 Å². The number of benzene rings is 1. The van der Waals surface area contributed by atoms with E-state index in [2.05, 4.69) is 25.7 Å². The van der Waals surface area contributed by atoms with Gasteiger partial charge in [0.2, 0.25) is 21.9 Å². The van der Waals surface area contributed by atoms with Crippen LogP contribution in [0.25, 0.3) is 27.7 Å². The van der Waals surface area contributed by atoms with Crippen LogP contribution in [-0.4, -0.2) is 94.1 Å². The monoisotopic (exact) mass is 574 g/mol. The molecule has 3 aromatic heterocycles. The van der Waals surface area contributed by atoms with Crippen LogP contribution in [0.4, 0.5) is 27.9 Å². The first kappa shape index (κ1) is 27.0. The van der Waals surface area contributed by atoms with Crippen LogP contribution in [0.2, 0.25) is 0 Å². The second kappa shape index (κ2) is 9.86. The number of fused-ring (bicyclic) bond motifs is 2. The number of piperidine rings is 1. The number of sulfonamides is 1. The first-order chi connectivity index (χ1) is 18.5. The molecule has 0 amide bonds. The third kappa shape index (κ3) is 4.84. The molecule has 0 spiro atoms. The smallest absolute Gasteiger partial charge is 0.281 e. The molecule has 0 saturated carbocycles.